The van der Waals surface area contributed by atoms with Gasteiger partial charge in [0.2, 0.25) is 0 Å². The van der Waals surface area contributed by atoms with Gasteiger partial charge < -0.3 is 20.7 Å². The van der Waals surface area contributed by atoms with Crippen molar-refractivity contribution in [2.45, 2.75) is 6.92 Å². The lowest BCUT2D eigenvalue weighted by atomic mass is 10.7. The molecular formula is C5H9NO6. The first kappa shape index (κ1) is 12.8. The molecular weight excluding hydrogens is 170 g/mol. The number of carboxylic acid groups (broad SMARTS) is 2. The maximum atomic E-state index is 9.60. The summed E-state index contributed by atoms with van der Waals surface area (Å²) in [4.78, 5) is 27.8. The van der Waals surface area contributed by atoms with E-state index in [4.69, 9.17) is 19.8 Å². The second kappa shape index (κ2) is 7.32. The van der Waals surface area contributed by atoms with Gasteiger partial charge >= 0.3 is 18.0 Å². The molecule has 0 saturated heterocycles. The normalized spacial score (nSPS) is 7.42. The molecule has 1 amide bonds. The summed E-state index contributed by atoms with van der Waals surface area (Å²) in [6, 6.07) is 0. The Labute approximate surface area is 67.7 Å². The monoisotopic (exact) mass is 179 g/mol. The standard InChI is InChI=1S/C3H7NO2.C2H2O4/c1-2-6-3(4)5;3-1(4)2(5)6/h2H2,1H3,(H2,4,5);(H,3,4)(H,5,6). The number of carboxylic acids is 2. The predicted octanol–water partition coefficient (Wildman–Crippen LogP) is -0.743. The highest BCUT2D eigenvalue weighted by Gasteiger charge is 2.04. The molecule has 0 rings (SSSR count). The van der Waals surface area contributed by atoms with Gasteiger partial charge in [-0.15, -0.1) is 0 Å². The third-order valence-corrected chi connectivity index (χ3v) is 0.470. The molecule has 0 heterocycles. The van der Waals surface area contributed by atoms with Crippen LogP contribution in [0.15, 0.2) is 0 Å². The van der Waals surface area contributed by atoms with Crippen LogP contribution < -0.4 is 5.73 Å². The van der Waals surface area contributed by atoms with E-state index in [1.807, 2.05) is 0 Å². The summed E-state index contributed by atoms with van der Waals surface area (Å²) in [5, 5.41) is 14.8. The van der Waals surface area contributed by atoms with E-state index in [0.717, 1.165) is 0 Å². The van der Waals surface area contributed by atoms with Crippen molar-refractivity contribution in [2.75, 3.05) is 6.61 Å². The number of nitrogens with two attached hydrogens (primary N) is 1. The van der Waals surface area contributed by atoms with Crippen LogP contribution in [0, 0.1) is 0 Å². The third-order valence-electron chi connectivity index (χ3n) is 0.470. The number of carbonyl (C=O) groups excluding carboxylic acids is 1. The molecule has 0 fully saturated rings. The van der Waals surface area contributed by atoms with Crippen LogP contribution in [0.1, 0.15) is 6.92 Å². The molecule has 12 heavy (non-hydrogen) atoms. The molecule has 0 radical (unpaired) electrons. The van der Waals surface area contributed by atoms with E-state index in [9.17, 15) is 4.79 Å². The number of hydrogen-bond acceptors (Lipinski definition) is 4. The molecule has 7 nitrogen and oxygen atoms in total. The number of ether oxygens (including phenoxy) is 1. The largest absolute Gasteiger partial charge is 0.473 e. The van der Waals surface area contributed by atoms with Crippen molar-refractivity contribution in [2.24, 2.45) is 5.73 Å². The topological polar surface area (TPSA) is 127 Å². The van der Waals surface area contributed by atoms with Gasteiger partial charge in [0, 0.05) is 0 Å². The minimum atomic E-state index is -1.82. The van der Waals surface area contributed by atoms with Gasteiger partial charge in [0.05, 0.1) is 6.61 Å². The quantitative estimate of drug-likeness (QED) is 0.455. The Bertz CT molecular complexity index is 165. The molecule has 7 heteroatoms. The maximum Gasteiger partial charge on any atom is 0.414 e. The Morgan fingerprint density at radius 1 is 1.25 bits per heavy atom. The Kier molecular flexibility index (Phi) is 7.84. The predicted molar refractivity (Wildman–Crippen MR) is 36.5 cm³/mol. The summed E-state index contributed by atoms with van der Waals surface area (Å²) in [6.45, 7) is 2.06. The summed E-state index contributed by atoms with van der Waals surface area (Å²) in [6.07, 6.45) is -0.711. The van der Waals surface area contributed by atoms with Crippen molar-refractivity contribution < 1.29 is 29.3 Å². The molecule has 0 bridgehead atoms. The van der Waals surface area contributed by atoms with Gasteiger partial charge in [-0.3, -0.25) is 0 Å². The van der Waals surface area contributed by atoms with Crippen LogP contribution in [0.2, 0.25) is 0 Å². The second-order valence-electron chi connectivity index (χ2n) is 1.36. The summed E-state index contributed by atoms with van der Waals surface area (Å²) < 4.78 is 4.18. The molecule has 0 unspecified atom stereocenters. The van der Waals surface area contributed by atoms with Gasteiger partial charge in [-0.2, -0.15) is 0 Å². The van der Waals surface area contributed by atoms with Gasteiger partial charge in [-0.05, 0) is 6.92 Å². The molecule has 4 N–H and O–H groups in total. The zero-order chi connectivity index (χ0) is 10.1. The van der Waals surface area contributed by atoms with Gasteiger partial charge in [0.15, 0.2) is 0 Å². The van der Waals surface area contributed by atoms with Crippen LogP contribution in [0.5, 0.6) is 0 Å². The van der Waals surface area contributed by atoms with E-state index >= 15 is 0 Å². The summed E-state index contributed by atoms with van der Waals surface area (Å²) in [5.41, 5.74) is 4.54. The molecule has 0 aliphatic rings. The smallest absolute Gasteiger partial charge is 0.414 e. The average Bonchev–Trinajstić information content (AvgIpc) is 1.87. The van der Waals surface area contributed by atoms with E-state index in [1.165, 1.54) is 0 Å². The fraction of sp³-hybridized carbons (Fsp3) is 0.400. The lowest BCUT2D eigenvalue weighted by Gasteiger charge is -1.89. The fourth-order valence-electron chi connectivity index (χ4n) is 0.142. The van der Waals surface area contributed by atoms with Crippen LogP contribution in [-0.2, 0) is 14.3 Å². The van der Waals surface area contributed by atoms with Gasteiger partial charge in [-0.1, -0.05) is 0 Å². The highest BCUT2D eigenvalue weighted by atomic mass is 16.5. The minimum Gasteiger partial charge on any atom is -0.473 e. The van der Waals surface area contributed by atoms with E-state index in [2.05, 4.69) is 10.5 Å². The highest BCUT2D eigenvalue weighted by Crippen LogP contribution is 1.66. The zero-order valence-electron chi connectivity index (χ0n) is 6.31. The van der Waals surface area contributed by atoms with Gasteiger partial charge in [-0.25, -0.2) is 14.4 Å². The Hall–Kier alpha value is -1.79. The van der Waals surface area contributed by atoms with Crippen LogP contribution in [0.25, 0.3) is 0 Å². The van der Waals surface area contributed by atoms with Crippen LogP contribution in [0.4, 0.5) is 4.79 Å². The number of amides is 1. The molecule has 0 aromatic rings. The van der Waals surface area contributed by atoms with Gasteiger partial charge in [0.25, 0.3) is 0 Å². The molecule has 0 atom stereocenters. The minimum absolute atomic E-state index is 0.356. The lowest BCUT2D eigenvalue weighted by Crippen LogP contribution is -2.11. The fourth-order valence-corrected chi connectivity index (χ4v) is 0.142. The number of aliphatic carboxylic acids is 2. The first-order chi connectivity index (χ1) is 5.41. The zero-order valence-corrected chi connectivity index (χ0v) is 6.31. The average molecular weight is 179 g/mol. The van der Waals surface area contributed by atoms with Crippen molar-refractivity contribution in [3.63, 3.8) is 0 Å². The van der Waals surface area contributed by atoms with Crippen LogP contribution in [-0.4, -0.2) is 34.9 Å². The van der Waals surface area contributed by atoms with Crippen molar-refractivity contribution >= 4 is 18.0 Å². The van der Waals surface area contributed by atoms with Crippen molar-refractivity contribution in [1.82, 2.24) is 0 Å². The number of rotatable bonds is 1. The van der Waals surface area contributed by atoms with Gasteiger partial charge in [0.1, 0.15) is 0 Å². The first-order valence-electron chi connectivity index (χ1n) is 2.80. The van der Waals surface area contributed by atoms with Crippen molar-refractivity contribution in [3.05, 3.63) is 0 Å². The molecule has 0 aromatic heterocycles. The maximum absolute atomic E-state index is 9.60. The molecule has 0 saturated carbocycles. The highest BCUT2D eigenvalue weighted by molar-refractivity contribution is 6.27. The second-order valence-corrected chi connectivity index (χ2v) is 1.36. The molecule has 0 aliphatic heterocycles. The van der Waals surface area contributed by atoms with E-state index < -0.39 is 18.0 Å². The molecule has 70 valence electrons. The Morgan fingerprint density at radius 3 is 1.58 bits per heavy atom. The SMILES string of the molecule is CCOC(N)=O.O=C(O)C(=O)O. The number of hydrogen-bond donors (Lipinski definition) is 3. The third kappa shape index (κ3) is 15.7. The first-order valence-corrected chi connectivity index (χ1v) is 2.80. The van der Waals surface area contributed by atoms with Crippen LogP contribution >= 0.6 is 0 Å². The summed E-state index contributed by atoms with van der Waals surface area (Å²) in [7, 11) is 0. The van der Waals surface area contributed by atoms with Crippen molar-refractivity contribution in [3.8, 4) is 0 Å². The number of primary amides is 1. The molecule has 0 aromatic carbocycles. The molecule has 0 aliphatic carbocycles. The molecule has 0 spiro atoms. The Balaban J connectivity index is 0. The van der Waals surface area contributed by atoms with E-state index in [-0.39, 0.29) is 0 Å². The van der Waals surface area contributed by atoms with E-state index in [0.29, 0.717) is 6.61 Å². The van der Waals surface area contributed by atoms with Crippen molar-refractivity contribution in [1.29, 1.82) is 0 Å². The summed E-state index contributed by atoms with van der Waals surface area (Å²) in [5.74, 6) is -3.65. The van der Waals surface area contributed by atoms with E-state index in [1.54, 1.807) is 6.92 Å². The number of carbonyl (C=O) groups is 3. The summed E-state index contributed by atoms with van der Waals surface area (Å²) >= 11 is 0. The van der Waals surface area contributed by atoms with Crippen LogP contribution in [0.3, 0.4) is 0 Å². The lowest BCUT2D eigenvalue weighted by molar-refractivity contribution is -0.159. The Morgan fingerprint density at radius 2 is 1.58 bits per heavy atom.